The second-order valence-corrected chi connectivity index (χ2v) is 7.60. The van der Waals surface area contributed by atoms with Gasteiger partial charge < -0.3 is 9.47 Å². The third-order valence-electron chi connectivity index (χ3n) is 2.96. The van der Waals surface area contributed by atoms with E-state index in [0.717, 1.165) is 9.35 Å². The lowest BCUT2D eigenvalue weighted by molar-refractivity contribution is 0.104. The lowest BCUT2D eigenvalue weighted by atomic mass is 10.1. The number of aryl methyl sites for hydroxylation is 1. The first-order valence-corrected chi connectivity index (χ1v) is 8.36. The first-order valence-electron chi connectivity index (χ1n) is 5.96. The molecular weight excluding hydrogens is 408 g/mol. The Hall–Kier alpha value is -0.850. The van der Waals surface area contributed by atoms with E-state index in [2.05, 4.69) is 31.9 Å². The van der Waals surface area contributed by atoms with Gasteiger partial charge in [-0.1, -0.05) is 0 Å². The molecular formula is C14H10Br2O3S. The van der Waals surface area contributed by atoms with Gasteiger partial charge in [0.15, 0.2) is 11.5 Å². The van der Waals surface area contributed by atoms with Crippen molar-refractivity contribution in [3.8, 4) is 11.5 Å². The number of fused-ring (bicyclic) bond motifs is 1. The third kappa shape index (κ3) is 2.52. The predicted octanol–water partition coefficient (Wildman–Crippen LogP) is 4.58. The molecule has 3 nitrogen and oxygen atoms in total. The SMILES string of the molecule is Cc1cc(C(=O)c2cc3c(cc2Br)OCCO3)sc1Br. The standard InChI is InChI=1S/C14H10Br2O3S/c1-7-4-12(20-14(7)16)13(17)8-5-10-11(6-9(8)15)19-3-2-18-10/h4-6H,2-3H2,1H3. The van der Waals surface area contributed by atoms with Crippen LogP contribution in [0.5, 0.6) is 11.5 Å². The largest absolute Gasteiger partial charge is 0.486 e. The van der Waals surface area contributed by atoms with E-state index in [1.165, 1.54) is 11.3 Å². The molecule has 0 radical (unpaired) electrons. The number of halogens is 2. The summed E-state index contributed by atoms with van der Waals surface area (Å²) in [5.74, 6) is 1.27. The third-order valence-corrected chi connectivity index (χ3v) is 5.75. The van der Waals surface area contributed by atoms with Gasteiger partial charge in [-0.15, -0.1) is 11.3 Å². The monoisotopic (exact) mass is 416 g/mol. The highest BCUT2D eigenvalue weighted by Crippen LogP contribution is 2.37. The smallest absolute Gasteiger partial charge is 0.204 e. The van der Waals surface area contributed by atoms with Crippen LogP contribution >= 0.6 is 43.2 Å². The van der Waals surface area contributed by atoms with Gasteiger partial charge in [0, 0.05) is 10.0 Å². The molecule has 0 spiro atoms. The minimum absolute atomic E-state index is 0.0207. The predicted molar refractivity (Wildman–Crippen MR) is 85.3 cm³/mol. The Bertz CT molecular complexity index is 674. The molecule has 1 aliphatic rings. The van der Waals surface area contributed by atoms with E-state index in [0.29, 0.717) is 39.6 Å². The highest BCUT2D eigenvalue weighted by molar-refractivity contribution is 9.11. The van der Waals surface area contributed by atoms with Crippen LogP contribution in [-0.2, 0) is 0 Å². The highest BCUT2D eigenvalue weighted by atomic mass is 79.9. The van der Waals surface area contributed by atoms with E-state index >= 15 is 0 Å². The maximum atomic E-state index is 12.6. The molecule has 0 N–H and O–H groups in total. The molecule has 2 aromatic rings. The van der Waals surface area contributed by atoms with Crippen molar-refractivity contribution in [2.45, 2.75) is 6.92 Å². The zero-order valence-electron chi connectivity index (χ0n) is 10.5. The number of rotatable bonds is 2. The van der Waals surface area contributed by atoms with Crippen LogP contribution in [0.1, 0.15) is 20.8 Å². The number of ketones is 1. The molecule has 3 rings (SSSR count). The van der Waals surface area contributed by atoms with Crippen molar-refractivity contribution in [3.05, 3.63) is 42.5 Å². The first-order chi connectivity index (χ1) is 9.56. The molecule has 6 heteroatoms. The summed E-state index contributed by atoms with van der Waals surface area (Å²) in [6.45, 7) is 3.01. The van der Waals surface area contributed by atoms with E-state index in [4.69, 9.17) is 9.47 Å². The molecule has 1 aromatic carbocycles. The van der Waals surface area contributed by atoms with Gasteiger partial charge in [0.1, 0.15) is 13.2 Å². The van der Waals surface area contributed by atoms with E-state index in [9.17, 15) is 4.79 Å². The van der Waals surface area contributed by atoms with Crippen molar-refractivity contribution in [1.82, 2.24) is 0 Å². The number of ether oxygens (including phenoxy) is 2. The van der Waals surface area contributed by atoms with Crippen LogP contribution in [-0.4, -0.2) is 19.0 Å². The van der Waals surface area contributed by atoms with Crippen LogP contribution in [0.4, 0.5) is 0 Å². The van der Waals surface area contributed by atoms with Gasteiger partial charge in [0.2, 0.25) is 5.78 Å². The van der Waals surface area contributed by atoms with Gasteiger partial charge in [-0.3, -0.25) is 4.79 Å². The Kier molecular flexibility index (Phi) is 3.88. The fourth-order valence-corrected chi connectivity index (χ4v) is 3.93. The van der Waals surface area contributed by atoms with Gasteiger partial charge >= 0.3 is 0 Å². The van der Waals surface area contributed by atoms with Crippen LogP contribution in [0.2, 0.25) is 0 Å². The van der Waals surface area contributed by atoms with E-state index in [1.807, 2.05) is 13.0 Å². The summed E-state index contributed by atoms with van der Waals surface area (Å²) < 4.78 is 12.7. The van der Waals surface area contributed by atoms with Gasteiger partial charge in [-0.2, -0.15) is 0 Å². The second-order valence-electron chi connectivity index (χ2n) is 4.37. The van der Waals surface area contributed by atoms with Crippen molar-refractivity contribution in [2.75, 3.05) is 13.2 Å². The lowest BCUT2D eigenvalue weighted by Crippen LogP contribution is -2.16. The minimum Gasteiger partial charge on any atom is -0.486 e. The Morgan fingerprint density at radius 3 is 2.40 bits per heavy atom. The van der Waals surface area contributed by atoms with E-state index in [-0.39, 0.29) is 5.78 Å². The Morgan fingerprint density at radius 2 is 1.80 bits per heavy atom. The molecule has 0 amide bonds. The van der Waals surface area contributed by atoms with Gasteiger partial charge in [-0.25, -0.2) is 0 Å². The summed E-state index contributed by atoms with van der Waals surface area (Å²) >= 11 is 8.32. The van der Waals surface area contributed by atoms with Crippen molar-refractivity contribution >= 4 is 49.0 Å². The van der Waals surface area contributed by atoms with Crippen molar-refractivity contribution in [3.63, 3.8) is 0 Å². The van der Waals surface area contributed by atoms with Gasteiger partial charge in [0.25, 0.3) is 0 Å². The molecule has 0 saturated heterocycles. The molecule has 2 heterocycles. The van der Waals surface area contributed by atoms with Gasteiger partial charge in [0.05, 0.1) is 8.66 Å². The van der Waals surface area contributed by atoms with Crippen LogP contribution < -0.4 is 9.47 Å². The summed E-state index contributed by atoms with van der Waals surface area (Å²) in [5, 5.41) is 0. The molecule has 0 bridgehead atoms. The zero-order chi connectivity index (χ0) is 14.3. The molecule has 0 fully saturated rings. The lowest BCUT2D eigenvalue weighted by Gasteiger charge is -2.19. The maximum Gasteiger partial charge on any atom is 0.204 e. The normalized spacial score (nSPS) is 13.3. The Balaban J connectivity index is 2.03. The molecule has 0 saturated carbocycles. The van der Waals surface area contributed by atoms with Crippen LogP contribution in [0.25, 0.3) is 0 Å². The Morgan fingerprint density at radius 1 is 1.15 bits per heavy atom. The summed E-state index contributed by atoms with van der Waals surface area (Å²) in [5.41, 5.74) is 1.65. The van der Waals surface area contributed by atoms with Crippen LogP contribution in [0, 0.1) is 6.92 Å². The van der Waals surface area contributed by atoms with E-state index < -0.39 is 0 Å². The zero-order valence-corrected chi connectivity index (χ0v) is 14.5. The quantitative estimate of drug-likeness (QED) is 0.670. The number of thiophene rings is 1. The van der Waals surface area contributed by atoms with Crippen molar-refractivity contribution < 1.29 is 14.3 Å². The first kappa shape index (κ1) is 14.1. The molecule has 0 atom stereocenters. The fraction of sp³-hybridized carbons (Fsp3) is 0.214. The maximum absolute atomic E-state index is 12.6. The average Bonchev–Trinajstić information content (AvgIpc) is 2.77. The second kappa shape index (κ2) is 5.50. The number of carbonyl (C=O) groups excluding carboxylic acids is 1. The number of hydrogen-bond donors (Lipinski definition) is 0. The summed E-state index contributed by atoms with van der Waals surface area (Å²) in [7, 11) is 0. The number of hydrogen-bond acceptors (Lipinski definition) is 4. The van der Waals surface area contributed by atoms with Crippen molar-refractivity contribution in [1.29, 1.82) is 0 Å². The molecule has 20 heavy (non-hydrogen) atoms. The topological polar surface area (TPSA) is 35.5 Å². The molecule has 1 aliphatic heterocycles. The molecule has 0 unspecified atom stereocenters. The summed E-state index contributed by atoms with van der Waals surface area (Å²) in [6, 6.07) is 5.42. The number of carbonyl (C=O) groups is 1. The summed E-state index contributed by atoms with van der Waals surface area (Å²) in [4.78, 5) is 13.3. The van der Waals surface area contributed by atoms with Gasteiger partial charge in [-0.05, 0) is 62.5 Å². The van der Waals surface area contributed by atoms with Crippen LogP contribution in [0.15, 0.2) is 26.5 Å². The van der Waals surface area contributed by atoms with Crippen molar-refractivity contribution in [2.24, 2.45) is 0 Å². The molecule has 0 aliphatic carbocycles. The average molecular weight is 418 g/mol. The Labute approximate surface area is 137 Å². The molecule has 1 aromatic heterocycles. The fourth-order valence-electron chi connectivity index (χ4n) is 1.94. The van der Waals surface area contributed by atoms with Crippen LogP contribution in [0.3, 0.4) is 0 Å². The summed E-state index contributed by atoms with van der Waals surface area (Å²) in [6.07, 6.45) is 0. The minimum atomic E-state index is -0.0207. The highest BCUT2D eigenvalue weighted by Gasteiger charge is 2.21. The number of benzene rings is 1. The van der Waals surface area contributed by atoms with E-state index in [1.54, 1.807) is 12.1 Å². The molecule has 104 valence electrons.